The summed E-state index contributed by atoms with van der Waals surface area (Å²) >= 11 is 22.8. The van der Waals surface area contributed by atoms with E-state index in [0.29, 0.717) is 12.4 Å². The molecule has 0 saturated carbocycles. The molecule has 2 aromatic carbocycles. The van der Waals surface area contributed by atoms with E-state index in [0.717, 1.165) is 17.8 Å². The second-order valence-corrected chi connectivity index (χ2v) is 9.82. The summed E-state index contributed by atoms with van der Waals surface area (Å²) in [5.74, 6) is -0.110. The molecule has 2 aliphatic heterocycles. The van der Waals surface area contributed by atoms with E-state index in [-0.39, 0.29) is 36.0 Å². The lowest BCUT2D eigenvalue weighted by atomic mass is 10.1. The number of hydrogen-bond acceptors (Lipinski definition) is 3. The zero-order chi connectivity index (χ0) is 25.9. The maximum Gasteiger partial charge on any atom is 0.416 e. The number of nitrogens with zero attached hydrogens (tertiary/aromatic N) is 2. The van der Waals surface area contributed by atoms with Gasteiger partial charge in [0.25, 0.3) is 5.91 Å². The van der Waals surface area contributed by atoms with Gasteiger partial charge in [-0.15, -0.1) is 23.2 Å². The monoisotopic (exact) mass is 570 g/mol. The van der Waals surface area contributed by atoms with Crippen molar-refractivity contribution in [2.45, 2.75) is 29.4 Å². The number of amides is 2. The van der Waals surface area contributed by atoms with E-state index in [1.54, 1.807) is 4.90 Å². The van der Waals surface area contributed by atoms with Crippen LogP contribution >= 0.6 is 46.4 Å². The van der Waals surface area contributed by atoms with Crippen LogP contribution in [0.3, 0.4) is 0 Å². The molecule has 2 aromatic rings. The predicted molar refractivity (Wildman–Crippen MR) is 132 cm³/mol. The Labute approximate surface area is 220 Å². The SMILES string of the molecule is CC1COc2ccccc2N1C(=O)C(Cl)Cl.O=C1C(Cl)C(CCl)CN1c1cccc(C(F)(F)F)c1. The van der Waals surface area contributed by atoms with E-state index < -0.39 is 27.9 Å². The summed E-state index contributed by atoms with van der Waals surface area (Å²) in [6.45, 7) is 2.57. The average Bonchev–Trinajstić information content (AvgIpc) is 3.12. The summed E-state index contributed by atoms with van der Waals surface area (Å²) in [4.78, 5) is 25.6. The number of benzene rings is 2. The first-order valence-electron chi connectivity index (χ1n) is 10.5. The standard InChI is InChI=1S/C12H10Cl2F3NO.C11H11Cl2NO2/c13-5-7-6-18(11(19)10(7)14)9-3-1-2-8(4-9)12(15,16)17;1-7-6-16-9-5-3-2-4-8(9)14(7)11(15)10(12)13/h1-4,7,10H,5-6H2;2-5,7,10H,6H2,1H3. The Kier molecular flexibility index (Phi) is 9.07. The van der Waals surface area contributed by atoms with Crippen molar-refractivity contribution < 1.29 is 27.5 Å². The third kappa shape index (κ3) is 6.28. The third-order valence-corrected chi connectivity index (χ3v) is 6.80. The summed E-state index contributed by atoms with van der Waals surface area (Å²) in [5, 5.41) is -0.785. The molecule has 0 bridgehead atoms. The fourth-order valence-electron chi connectivity index (χ4n) is 3.72. The van der Waals surface area contributed by atoms with Gasteiger partial charge in [0.2, 0.25) is 5.91 Å². The molecule has 2 heterocycles. The van der Waals surface area contributed by atoms with Crippen molar-refractivity contribution in [2.24, 2.45) is 5.92 Å². The largest absolute Gasteiger partial charge is 0.489 e. The molecule has 0 aliphatic carbocycles. The van der Waals surface area contributed by atoms with Crippen molar-refractivity contribution in [2.75, 3.05) is 28.8 Å². The Morgan fingerprint density at radius 2 is 1.86 bits per heavy atom. The number of anilines is 2. The molecule has 1 fully saturated rings. The number of ether oxygens (including phenoxy) is 1. The van der Waals surface area contributed by atoms with Crippen molar-refractivity contribution in [1.29, 1.82) is 0 Å². The maximum absolute atomic E-state index is 12.6. The lowest BCUT2D eigenvalue weighted by Crippen LogP contribution is -2.47. The molecule has 0 aromatic heterocycles. The highest BCUT2D eigenvalue weighted by Gasteiger charge is 2.40. The van der Waals surface area contributed by atoms with Gasteiger partial charge >= 0.3 is 6.18 Å². The predicted octanol–water partition coefficient (Wildman–Crippen LogP) is 6.12. The second kappa shape index (κ2) is 11.5. The molecule has 2 amide bonds. The van der Waals surface area contributed by atoms with Gasteiger partial charge in [0.1, 0.15) is 17.7 Å². The molecule has 3 atom stereocenters. The van der Waals surface area contributed by atoms with Gasteiger partial charge in [-0.25, -0.2) is 0 Å². The number of fused-ring (bicyclic) bond motifs is 1. The first-order valence-corrected chi connectivity index (χ1v) is 12.3. The normalized spacial score (nSPS) is 21.9. The number of hydrogen-bond donors (Lipinski definition) is 0. The number of carbonyl (C=O) groups is 2. The van der Waals surface area contributed by atoms with Crippen LogP contribution in [0, 0.1) is 5.92 Å². The van der Waals surface area contributed by atoms with Crippen molar-refractivity contribution in [3.05, 3.63) is 54.1 Å². The molecule has 0 spiro atoms. The molecule has 12 heteroatoms. The third-order valence-electron chi connectivity index (χ3n) is 5.49. The van der Waals surface area contributed by atoms with Gasteiger partial charge in [-0.2, -0.15) is 13.2 Å². The highest BCUT2D eigenvalue weighted by atomic mass is 35.5. The number of halogens is 7. The minimum atomic E-state index is -4.44. The molecule has 0 N–H and O–H groups in total. The van der Waals surface area contributed by atoms with Gasteiger partial charge in [0, 0.05) is 24.0 Å². The van der Waals surface area contributed by atoms with Crippen LogP contribution in [0.5, 0.6) is 5.75 Å². The van der Waals surface area contributed by atoms with E-state index in [1.165, 1.54) is 17.0 Å². The minimum absolute atomic E-state index is 0.0672. The average molecular weight is 572 g/mol. The Hall–Kier alpha value is -1.87. The van der Waals surface area contributed by atoms with E-state index in [4.69, 9.17) is 51.1 Å². The fourth-order valence-corrected chi connectivity index (χ4v) is 4.58. The number of para-hydroxylation sites is 2. The summed E-state index contributed by atoms with van der Waals surface area (Å²) in [6.07, 6.45) is -4.44. The summed E-state index contributed by atoms with van der Waals surface area (Å²) in [6, 6.07) is 11.9. The van der Waals surface area contributed by atoms with E-state index >= 15 is 0 Å². The fraction of sp³-hybridized carbons (Fsp3) is 0.391. The Bertz CT molecular complexity index is 1070. The number of alkyl halides is 7. The molecule has 3 unspecified atom stereocenters. The topological polar surface area (TPSA) is 49.9 Å². The highest BCUT2D eigenvalue weighted by Crippen LogP contribution is 2.35. The molecule has 190 valence electrons. The van der Waals surface area contributed by atoms with Gasteiger partial charge in [0.15, 0.2) is 4.84 Å². The van der Waals surface area contributed by atoms with Gasteiger partial charge < -0.3 is 14.5 Å². The zero-order valence-corrected chi connectivity index (χ0v) is 21.3. The Morgan fingerprint density at radius 3 is 2.46 bits per heavy atom. The quantitative estimate of drug-likeness (QED) is 0.417. The van der Waals surface area contributed by atoms with Gasteiger partial charge in [-0.1, -0.05) is 41.4 Å². The van der Waals surface area contributed by atoms with Gasteiger partial charge in [0.05, 0.1) is 17.3 Å². The summed E-state index contributed by atoms with van der Waals surface area (Å²) in [5.41, 5.74) is 0.119. The molecule has 35 heavy (non-hydrogen) atoms. The lowest BCUT2D eigenvalue weighted by Gasteiger charge is -2.35. The highest BCUT2D eigenvalue weighted by molar-refractivity contribution is 6.54. The summed E-state index contributed by atoms with van der Waals surface area (Å²) in [7, 11) is 0. The molecule has 5 nitrogen and oxygen atoms in total. The molecule has 2 aliphatic rings. The van der Waals surface area contributed by atoms with E-state index in [2.05, 4.69) is 0 Å². The van der Waals surface area contributed by atoms with E-state index in [1.807, 2.05) is 31.2 Å². The van der Waals surface area contributed by atoms with Crippen LogP contribution < -0.4 is 14.5 Å². The molecule has 4 rings (SSSR count). The van der Waals surface area contributed by atoms with Crippen molar-refractivity contribution in [3.63, 3.8) is 0 Å². The van der Waals surface area contributed by atoms with Crippen LogP contribution in [-0.2, 0) is 15.8 Å². The van der Waals surface area contributed by atoms with Crippen molar-refractivity contribution >= 4 is 69.6 Å². The van der Waals surface area contributed by atoms with Crippen LogP contribution in [0.15, 0.2) is 48.5 Å². The van der Waals surface area contributed by atoms with Crippen molar-refractivity contribution in [1.82, 2.24) is 0 Å². The van der Waals surface area contributed by atoms with Crippen LogP contribution in [-0.4, -0.2) is 47.1 Å². The number of carbonyl (C=O) groups excluding carboxylic acids is 2. The van der Waals surface area contributed by atoms with Gasteiger partial charge in [-0.3, -0.25) is 9.59 Å². The zero-order valence-electron chi connectivity index (χ0n) is 18.3. The first-order chi connectivity index (χ1) is 16.5. The van der Waals surface area contributed by atoms with Crippen LogP contribution in [0.2, 0.25) is 0 Å². The maximum atomic E-state index is 12.6. The first kappa shape index (κ1) is 27.7. The minimum Gasteiger partial charge on any atom is -0.489 e. The molecule has 1 saturated heterocycles. The van der Waals surface area contributed by atoms with Crippen LogP contribution in [0.4, 0.5) is 24.5 Å². The summed E-state index contributed by atoms with van der Waals surface area (Å²) < 4.78 is 43.4. The molecular weight excluding hydrogens is 551 g/mol. The Balaban J connectivity index is 0.000000198. The molecular formula is C23H21Cl4F3N2O3. The second-order valence-electron chi connectivity index (χ2n) is 7.95. The van der Waals surface area contributed by atoms with E-state index in [9.17, 15) is 22.8 Å². The van der Waals surface area contributed by atoms with Crippen LogP contribution in [0.25, 0.3) is 0 Å². The Morgan fingerprint density at radius 1 is 1.17 bits per heavy atom. The molecule has 0 radical (unpaired) electrons. The lowest BCUT2D eigenvalue weighted by molar-refractivity contribution is -0.137. The number of rotatable bonds is 3. The smallest absolute Gasteiger partial charge is 0.416 e. The van der Waals surface area contributed by atoms with Crippen LogP contribution in [0.1, 0.15) is 12.5 Å². The van der Waals surface area contributed by atoms with Crippen molar-refractivity contribution in [3.8, 4) is 5.75 Å². The van der Waals surface area contributed by atoms with Gasteiger partial charge in [-0.05, 0) is 37.3 Å².